The Morgan fingerprint density at radius 2 is 2.05 bits per heavy atom. The Kier molecular flexibility index (Phi) is 3.94. The Labute approximate surface area is 122 Å². The van der Waals surface area contributed by atoms with E-state index < -0.39 is 0 Å². The van der Waals surface area contributed by atoms with Gasteiger partial charge in [-0.3, -0.25) is 9.59 Å². The Bertz CT molecular complexity index is 704. The molecule has 0 radical (unpaired) electrons. The fourth-order valence-electron chi connectivity index (χ4n) is 2.75. The highest BCUT2D eigenvalue weighted by atomic mass is 16.2. The van der Waals surface area contributed by atoms with E-state index in [0.717, 1.165) is 12.8 Å². The topological polar surface area (TPSA) is 76.9 Å². The summed E-state index contributed by atoms with van der Waals surface area (Å²) in [5.41, 5.74) is 0.378. The maximum Gasteiger partial charge on any atom is 0.277 e. The van der Waals surface area contributed by atoms with Crippen LogP contribution in [-0.4, -0.2) is 26.9 Å². The van der Waals surface area contributed by atoms with Gasteiger partial charge in [0.1, 0.15) is 5.52 Å². The molecule has 110 valence electrons. The van der Waals surface area contributed by atoms with E-state index in [-0.39, 0.29) is 24.4 Å². The van der Waals surface area contributed by atoms with Crippen LogP contribution in [0.3, 0.4) is 0 Å². The maximum absolute atomic E-state index is 12.2. The molecule has 1 aromatic carbocycles. The lowest BCUT2D eigenvalue weighted by Crippen LogP contribution is -2.34. The van der Waals surface area contributed by atoms with Crippen LogP contribution in [0.5, 0.6) is 0 Å². The number of amides is 1. The van der Waals surface area contributed by atoms with E-state index in [0.29, 0.717) is 16.9 Å². The minimum atomic E-state index is -0.200. The molecule has 0 unspecified atom stereocenters. The van der Waals surface area contributed by atoms with Crippen molar-refractivity contribution in [1.29, 1.82) is 0 Å². The number of aromatic nitrogens is 3. The van der Waals surface area contributed by atoms with E-state index >= 15 is 0 Å². The molecule has 6 nitrogen and oxygen atoms in total. The fraction of sp³-hybridized carbons (Fsp3) is 0.467. The Hall–Kier alpha value is -2.24. The second kappa shape index (κ2) is 6.03. The molecule has 1 saturated carbocycles. The van der Waals surface area contributed by atoms with Crippen LogP contribution >= 0.6 is 0 Å². The molecule has 0 saturated heterocycles. The van der Waals surface area contributed by atoms with Gasteiger partial charge in [0.15, 0.2) is 0 Å². The van der Waals surface area contributed by atoms with Crippen molar-refractivity contribution in [1.82, 2.24) is 20.3 Å². The normalized spacial score (nSPS) is 15.4. The summed E-state index contributed by atoms with van der Waals surface area (Å²) >= 11 is 0. The molecule has 1 heterocycles. The first kappa shape index (κ1) is 13.7. The molecular weight excluding hydrogens is 268 g/mol. The van der Waals surface area contributed by atoms with E-state index in [4.69, 9.17) is 0 Å². The van der Waals surface area contributed by atoms with Crippen LogP contribution in [0.2, 0.25) is 0 Å². The summed E-state index contributed by atoms with van der Waals surface area (Å²) in [4.78, 5) is 24.1. The maximum atomic E-state index is 12.2. The lowest BCUT2D eigenvalue weighted by molar-refractivity contribution is -0.122. The Balaban J connectivity index is 1.66. The average molecular weight is 286 g/mol. The van der Waals surface area contributed by atoms with Crippen LogP contribution in [0.25, 0.3) is 10.9 Å². The molecule has 0 bridgehead atoms. The first-order valence-corrected chi connectivity index (χ1v) is 7.36. The lowest BCUT2D eigenvalue weighted by atomic mass is 10.2. The number of hydrogen-bond acceptors (Lipinski definition) is 4. The molecule has 1 fully saturated rings. The van der Waals surface area contributed by atoms with Crippen LogP contribution in [0, 0.1) is 0 Å². The summed E-state index contributed by atoms with van der Waals surface area (Å²) in [6, 6.07) is 7.39. The predicted molar refractivity (Wildman–Crippen MR) is 78.8 cm³/mol. The summed E-state index contributed by atoms with van der Waals surface area (Å²) in [6.45, 7) is 0.259. The van der Waals surface area contributed by atoms with Crippen LogP contribution in [0.4, 0.5) is 0 Å². The molecule has 2 aromatic rings. The van der Waals surface area contributed by atoms with Crippen molar-refractivity contribution in [2.45, 2.75) is 44.7 Å². The zero-order valence-electron chi connectivity index (χ0n) is 11.8. The Morgan fingerprint density at radius 3 is 2.86 bits per heavy atom. The van der Waals surface area contributed by atoms with E-state index in [2.05, 4.69) is 15.6 Å². The van der Waals surface area contributed by atoms with Crippen molar-refractivity contribution in [3.8, 4) is 0 Å². The van der Waals surface area contributed by atoms with Crippen LogP contribution in [-0.2, 0) is 11.3 Å². The molecule has 0 atom stereocenters. The van der Waals surface area contributed by atoms with Gasteiger partial charge in [0.05, 0.1) is 11.9 Å². The third kappa shape index (κ3) is 3.09. The molecule has 1 aliphatic rings. The Morgan fingerprint density at radius 1 is 1.29 bits per heavy atom. The number of fused-ring (bicyclic) bond motifs is 1. The second-order valence-corrected chi connectivity index (χ2v) is 5.43. The van der Waals surface area contributed by atoms with E-state index in [1.807, 2.05) is 6.07 Å². The van der Waals surface area contributed by atoms with E-state index in [1.165, 1.54) is 17.5 Å². The van der Waals surface area contributed by atoms with Crippen molar-refractivity contribution in [2.75, 3.05) is 0 Å². The van der Waals surface area contributed by atoms with Gasteiger partial charge in [0, 0.05) is 12.5 Å². The van der Waals surface area contributed by atoms with Crippen molar-refractivity contribution in [3.63, 3.8) is 0 Å². The predicted octanol–water partition coefficient (Wildman–Crippen LogP) is 1.24. The van der Waals surface area contributed by atoms with Crippen LogP contribution < -0.4 is 10.9 Å². The minimum absolute atomic E-state index is 0.0243. The number of nitrogens with zero attached hydrogens (tertiary/aromatic N) is 3. The first-order valence-electron chi connectivity index (χ1n) is 7.36. The van der Waals surface area contributed by atoms with Crippen LogP contribution in [0.1, 0.15) is 32.1 Å². The van der Waals surface area contributed by atoms with Crippen molar-refractivity contribution < 1.29 is 4.79 Å². The molecule has 3 rings (SSSR count). The summed E-state index contributed by atoms with van der Waals surface area (Å²) < 4.78 is 1.26. The number of aryl methyl sites for hydroxylation is 1. The van der Waals surface area contributed by atoms with E-state index in [9.17, 15) is 9.59 Å². The lowest BCUT2D eigenvalue weighted by Gasteiger charge is -2.11. The number of carbonyl (C=O) groups excluding carboxylic acids is 1. The zero-order valence-corrected chi connectivity index (χ0v) is 11.8. The van der Waals surface area contributed by atoms with Crippen LogP contribution in [0.15, 0.2) is 29.1 Å². The highest BCUT2D eigenvalue weighted by molar-refractivity contribution is 5.77. The molecular formula is C15H18N4O2. The smallest absolute Gasteiger partial charge is 0.277 e. The molecule has 1 amide bonds. The number of hydrogen-bond donors (Lipinski definition) is 1. The second-order valence-electron chi connectivity index (χ2n) is 5.43. The summed E-state index contributed by atoms with van der Waals surface area (Å²) in [5.74, 6) is -0.0243. The third-order valence-corrected chi connectivity index (χ3v) is 3.90. The number of benzene rings is 1. The molecule has 0 spiro atoms. The van der Waals surface area contributed by atoms with E-state index in [1.54, 1.807) is 18.2 Å². The summed E-state index contributed by atoms with van der Waals surface area (Å²) in [6.07, 6.45) is 4.73. The number of carbonyl (C=O) groups is 1. The molecule has 1 aromatic heterocycles. The largest absolute Gasteiger partial charge is 0.353 e. The van der Waals surface area contributed by atoms with Gasteiger partial charge < -0.3 is 5.32 Å². The quantitative estimate of drug-likeness (QED) is 0.917. The molecule has 6 heteroatoms. The van der Waals surface area contributed by atoms with Gasteiger partial charge in [-0.15, -0.1) is 5.10 Å². The monoisotopic (exact) mass is 286 g/mol. The molecule has 1 N–H and O–H groups in total. The van der Waals surface area contributed by atoms with Crippen molar-refractivity contribution >= 4 is 16.8 Å². The SMILES string of the molecule is O=C(CCn1nnc2ccccc2c1=O)NC1CCCC1. The van der Waals surface area contributed by atoms with Gasteiger partial charge in [0.2, 0.25) is 5.91 Å². The highest BCUT2D eigenvalue weighted by Gasteiger charge is 2.17. The van der Waals surface area contributed by atoms with Gasteiger partial charge in [0.25, 0.3) is 5.56 Å². The van der Waals surface area contributed by atoms with Crippen molar-refractivity contribution in [3.05, 3.63) is 34.6 Å². The molecule has 0 aliphatic heterocycles. The number of rotatable bonds is 4. The average Bonchev–Trinajstić information content (AvgIpc) is 3.00. The van der Waals surface area contributed by atoms with Gasteiger partial charge in [-0.1, -0.05) is 30.2 Å². The standard InChI is InChI=1S/C15H18N4O2/c20-14(16-11-5-1-2-6-11)9-10-19-15(21)12-7-3-4-8-13(12)17-18-19/h3-4,7-8,11H,1-2,5-6,9-10H2,(H,16,20). The fourth-order valence-corrected chi connectivity index (χ4v) is 2.75. The number of nitrogens with one attached hydrogen (secondary N) is 1. The third-order valence-electron chi connectivity index (χ3n) is 3.90. The molecule has 1 aliphatic carbocycles. The van der Waals surface area contributed by atoms with Crippen molar-refractivity contribution in [2.24, 2.45) is 0 Å². The van der Waals surface area contributed by atoms with Gasteiger partial charge >= 0.3 is 0 Å². The first-order chi connectivity index (χ1) is 10.2. The van der Waals surface area contributed by atoms with Gasteiger partial charge in [-0.2, -0.15) is 0 Å². The summed E-state index contributed by atoms with van der Waals surface area (Å²) in [7, 11) is 0. The molecule has 21 heavy (non-hydrogen) atoms. The summed E-state index contributed by atoms with van der Waals surface area (Å²) in [5, 5.41) is 11.4. The zero-order chi connectivity index (χ0) is 14.7. The highest BCUT2D eigenvalue weighted by Crippen LogP contribution is 2.17. The minimum Gasteiger partial charge on any atom is -0.353 e. The van der Waals surface area contributed by atoms with Gasteiger partial charge in [-0.25, -0.2) is 4.68 Å². The van der Waals surface area contributed by atoms with Gasteiger partial charge in [-0.05, 0) is 25.0 Å².